The summed E-state index contributed by atoms with van der Waals surface area (Å²) in [5, 5.41) is 8.56. The summed E-state index contributed by atoms with van der Waals surface area (Å²) in [5.41, 5.74) is 4.35. The smallest absolute Gasteiger partial charge is 0.289 e. The number of carbonyl (C=O) groups is 2. The van der Waals surface area contributed by atoms with Crippen molar-refractivity contribution in [3.05, 3.63) is 72.3 Å². The Morgan fingerprint density at radius 3 is 2.73 bits per heavy atom. The van der Waals surface area contributed by atoms with Gasteiger partial charge < -0.3 is 19.0 Å². The highest BCUT2D eigenvalue weighted by Crippen LogP contribution is 2.39. The van der Waals surface area contributed by atoms with Crippen molar-refractivity contribution in [1.82, 2.24) is 24.8 Å². The fraction of sp³-hybridized carbons (Fsp3) is 0.286. The van der Waals surface area contributed by atoms with E-state index in [0.717, 1.165) is 34.1 Å². The molecule has 3 heterocycles. The van der Waals surface area contributed by atoms with E-state index in [2.05, 4.69) is 22.5 Å². The van der Waals surface area contributed by atoms with Crippen molar-refractivity contribution in [3.8, 4) is 16.9 Å². The second kappa shape index (κ2) is 10.3. The van der Waals surface area contributed by atoms with E-state index in [-0.39, 0.29) is 17.6 Å². The zero-order valence-electron chi connectivity index (χ0n) is 21.2. The summed E-state index contributed by atoms with van der Waals surface area (Å²) in [6.45, 7) is 1.68. The van der Waals surface area contributed by atoms with E-state index in [4.69, 9.17) is 9.15 Å². The summed E-state index contributed by atoms with van der Waals surface area (Å²) in [6, 6.07) is 13.6. The van der Waals surface area contributed by atoms with Gasteiger partial charge in [-0.05, 0) is 41.8 Å². The van der Waals surface area contributed by atoms with Crippen LogP contribution < -0.4 is 4.74 Å². The quantitative estimate of drug-likeness (QED) is 0.380. The van der Waals surface area contributed by atoms with Gasteiger partial charge in [-0.3, -0.25) is 14.3 Å². The minimum Gasteiger partial charge on any atom is -0.496 e. The van der Waals surface area contributed by atoms with Crippen molar-refractivity contribution in [2.45, 2.75) is 19.4 Å². The number of para-hydroxylation sites is 1. The molecule has 0 spiro atoms. The van der Waals surface area contributed by atoms with E-state index in [1.807, 2.05) is 35.2 Å². The molecule has 9 nitrogen and oxygen atoms in total. The van der Waals surface area contributed by atoms with Gasteiger partial charge in [0.25, 0.3) is 5.91 Å². The predicted octanol–water partition coefficient (Wildman–Crippen LogP) is 4.11. The molecule has 2 amide bonds. The van der Waals surface area contributed by atoms with Gasteiger partial charge >= 0.3 is 0 Å². The maximum Gasteiger partial charge on any atom is 0.289 e. The first-order chi connectivity index (χ1) is 17.9. The van der Waals surface area contributed by atoms with Crippen LogP contribution >= 0.6 is 0 Å². The number of nitrogens with zero attached hydrogens (tertiary/aromatic N) is 5. The van der Waals surface area contributed by atoms with Crippen molar-refractivity contribution in [2.24, 2.45) is 0 Å². The molecule has 1 aliphatic heterocycles. The summed E-state index contributed by atoms with van der Waals surface area (Å²) in [6.07, 6.45) is 6.67. The molecule has 2 aromatic heterocycles. The Hall–Kier alpha value is -4.40. The molecule has 190 valence electrons. The van der Waals surface area contributed by atoms with Crippen molar-refractivity contribution < 1.29 is 18.7 Å². The fourth-order valence-electron chi connectivity index (χ4n) is 4.62. The van der Waals surface area contributed by atoms with Gasteiger partial charge in [0.15, 0.2) is 5.76 Å². The Bertz CT molecular complexity index is 1470. The van der Waals surface area contributed by atoms with Crippen LogP contribution in [0.2, 0.25) is 0 Å². The number of hydrogen-bond donors (Lipinski definition) is 0. The molecule has 37 heavy (non-hydrogen) atoms. The van der Waals surface area contributed by atoms with Crippen LogP contribution in [0, 0.1) is 0 Å². The first kappa shape index (κ1) is 24.3. The lowest BCUT2D eigenvalue weighted by Crippen LogP contribution is -2.35. The maximum atomic E-state index is 13.0. The minimum atomic E-state index is -0.204. The SMILES string of the molecule is COc1ccccc1-c1cc(C2=CCCN(C(=O)CCn3ccnn3)C2)cc2cc(C(=O)N(C)C)oc12. The number of aromatic nitrogens is 3. The van der Waals surface area contributed by atoms with Crippen molar-refractivity contribution >= 4 is 28.4 Å². The minimum absolute atomic E-state index is 0.0781. The van der Waals surface area contributed by atoms with E-state index < -0.39 is 0 Å². The average molecular weight is 500 g/mol. The van der Waals surface area contributed by atoms with Gasteiger partial charge in [-0.15, -0.1) is 5.10 Å². The van der Waals surface area contributed by atoms with Gasteiger partial charge in [-0.1, -0.05) is 29.5 Å². The number of amides is 2. The molecule has 5 rings (SSSR count). The van der Waals surface area contributed by atoms with E-state index in [9.17, 15) is 9.59 Å². The number of furan rings is 1. The third-order valence-electron chi connectivity index (χ3n) is 6.53. The summed E-state index contributed by atoms with van der Waals surface area (Å²) in [4.78, 5) is 29.0. The molecule has 0 fully saturated rings. The fourth-order valence-corrected chi connectivity index (χ4v) is 4.62. The molecule has 4 aromatic rings. The van der Waals surface area contributed by atoms with Crippen LogP contribution in [0.4, 0.5) is 0 Å². The molecule has 9 heteroatoms. The second-order valence-corrected chi connectivity index (χ2v) is 9.20. The number of fused-ring (bicyclic) bond motifs is 1. The highest BCUT2D eigenvalue weighted by molar-refractivity contribution is 6.02. The highest BCUT2D eigenvalue weighted by Gasteiger charge is 2.23. The summed E-state index contributed by atoms with van der Waals surface area (Å²) in [5.74, 6) is 0.857. The Morgan fingerprint density at radius 1 is 1.14 bits per heavy atom. The molecule has 0 saturated carbocycles. The number of aryl methyl sites for hydroxylation is 1. The first-order valence-corrected chi connectivity index (χ1v) is 12.2. The zero-order chi connectivity index (χ0) is 25.9. The van der Waals surface area contributed by atoms with Crippen LogP contribution in [0.25, 0.3) is 27.7 Å². The lowest BCUT2D eigenvalue weighted by Gasteiger charge is -2.28. The van der Waals surface area contributed by atoms with E-state index in [1.165, 1.54) is 4.90 Å². The normalized spacial score (nSPS) is 13.5. The third-order valence-corrected chi connectivity index (χ3v) is 6.53. The number of carbonyl (C=O) groups excluding carboxylic acids is 2. The van der Waals surface area contributed by atoms with Crippen molar-refractivity contribution in [2.75, 3.05) is 34.3 Å². The second-order valence-electron chi connectivity index (χ2n) is 9.20. The topological polar surface area (TPSA) is 93.7 Å². The predicted molar refractivity (Wildman–Crippen MR) is 140 cm³/mol. The molecule has 0 bridgehead atoms. The molecule has 0 saturated heterocycles. The Kier molecular flexibility index (Phi) is 6.76. The van der Waals surface area contributed by atoms with Gasteiger partial charge in [0.1, 0.15) is 11.3 Å². The van der Waals surface area contributed by atoms with E-state index >= 15 is 0 Å². The standard InChI is InChI=1S/C28H29N5O4/c1-31(2)28(35)25-17-21-15-20(16-23(27(21)37-25)22-8-4-5-9-24(22)36-3)19-7-6-12-32(18-19)26(34)10-13-33-14-11-29-30-33/h4-5,7-9,11,14-17H,6,10,12-13,18H2,1-3H3. The number of hydrogen-bond acceptors (Lipinski definition) is 6. The van der Waals surface area contributed by atoms with Crippen LogP contribution in [0.3, 0.4) is 0 Å². The van der Waals surface area contributed by atoms with Crippen molar-refractivity contribution in [1.29, 1.82) is 0 Å². The van der Waals surface area contributed by atoms with Crippen LogP contribution in [-0.2, 0) is 11.3 Å². The number of ether oxygens (including phenoxy) is 1. The molecule has 0 radical (unpaired) electrons. The van der Waals surface area contributed by atoms with Gasteiger partial charge in [0.05, 0.1) is 19.9 Å². The number of benzene rings is 2. The molecule has 0 aliphatic carbocycles. The van der Waals surface area contributed by atoms with Gasteiger partial charge in [-0.25, -0.2) is 0 Å². The summed E-state index contributed by atoms with van der Waals surface area (Å²) >= 11 is 0. The summed E-state index contributed by atoms with van der Waals surface area (Å²) in [7, 11) is 5.03. The highest BCUT2D eigenvalue weighted by atomic mass is 16.5. The van der Waals surface area contributed by atoms with E-state index in [0.29, 0.717) is 37.4 Å². The first-order valence-electron chi connectivity index (χ1n) is 12.2. The van der Waals surface area contributed by atoms with Crippen LogP contribution in [0.1, 0.15) is 29.0 Å². The molecule has 2 aromatic carbocycles. The summed E-state index contributed by atoms with van der Waals surface area (Å²) < 4.78 is 13.4. The number of methoxy groups -OCH3 is 1. The monoisotopic (exact) mass is 499 g/mol. The largest absolute Gasteiger partial charge is 0.496 e. The van der Waals surface area contributed by atoms with Crippen LogP contribution in [0.15, 0.2) is 65.4 Å². The Balaban J connectivity index is 1.51. The van der Waals surface area contributed by atoms with Crippen LogP contribution in [-0.4, -0.2) is 70.9 Å². The molecule has 0 atom stereocenters. The van der Waals surface area contributed by atoms with E-state index in [1.54, 1.807) is 44.3 Å². The Labute approximate surface area is 214 Å². The van der Waals surface area contributed by atoms with Gasteiger partial charge in [0, 0.05) is 56.3 Å². The van der Waals surface area contributed by atoms with Gasteiger partial charge in [-0.2, -0.15) is 0 Å². The van der Waals surface area contributed by atoms with Crippen molar-refractivity contribution in [3.63, 3.8) is 0 Å². The number of rotatable bonds is 7. The van der Waals surface area contributed by atoms with Crippen LogP contribution in [0.5, 0.6) is 5.75 Å². The molecule has 1 aliphatic rings. The molecular formula is C28H29N5O4. The average Bonchev–Trinajstić information content (AvgIpc) is 3.60. The lowest BCUT2D eigenvalue weighted by atomic mass is 9.94. The lowest BCUT2D eigenvalue weighted by molar-refractivity contribution is -0.131. The molecule has 0 N–H and O–H groups in total. The molecular weight excluding hydrogens is 470 g/mol. The maximum absolute atomic E-state index is 13.0. The molecule has 0 unspecified atom stereocenters. The zero-order valence-corrected chi connectivity index (χ0v) is 21.2. The third kappa shape index (κ3) is 4.97. The Morgan fingerprint density at radius 2 is 1.97 bits per heavy atom. The van der Waals surface area contributed by atoms with Gasteiger partial charge in [0.2, 0.25) is 5.91 Å².